The van der Waals surface area contributed by atoms with Crippen molar-refractivity contribution in [3.05, 3.63) is 29.3 Å². The van der Waals surface area contributed by atoms with E-state index >= 15 is 0 Å². The topological polar surface area (TPSA) is 74.2 Å². The third kappa shape index (κ3) is 3.77. The zero-order chi connectivity index (χ0) is 15.4. The van der Waals surface area contributed by atoms with Gasteiger partial charge in [0.05, 0.1) is 19.8 Å². The van der Waals surface area contributed by atoms with Gasteiger partial charge >= 0.3 is 0 Å². The lowest BCUT2D eigenvalue weighted by Gasteiger charge is -2.32. The number of nitrogens with one attached hydrogen (secondary N) is 1. The van der Waals surface area contributed by atoms with Crippen LogP contribution in [0.5, 0.6) is 5.75 Å². The van der Waals surface area contributed by atoms with Crippen molar-refractivity contribution in [2.45, 2.75) is 18.8 Å². The van der Waals surface area contributed by atoms with Crippen LogP contribution in [0.15, 0.2) is 18.2 Å². The van der Waals surface area contributed by atoms with Gasteiger partial charge in [-0.25, -0.2) is 0 Å². The number of ether oxygens (including phenoxy) is 2. The molecule has 0 aromatic heterocycles. The van der Waals surface area contributed by atoms with Crippen molar-refractivity contribution >= 4 is 0 Å². The van der Waals surface area contributed by atoms with E-state index in [2.05, 4.69) is 10.2 Å². The molecule has 0 aliphatic carbocycles. The van der Waals surface area contributed by atoms with Crippen LogP contribution < -0.4 is 10.1 Å². The van der Waals surface area contributed by atoms with Crippen molar-refractivity contribution in [1.29, 1.82) is 0 Å². The average molecular weight is 308 g/mol. The minimum Gasteiger partial charge on any atom is -0.492 e. The van der Waals surface area contributed by atoms with Gasteiger partial charge in [-0.1, -0.05) is 6.07 Å². The summed E-state index contributed by atoms with van der Waals surface area (Å²) >= 11 is 0. The highest BCUT2D eigenvalue weighted by Crippen LogP contribution is 2.25. The fourth-order valence-electron chi connectivity index (χ4n) is 3.03. The first-order valence-corrected chi connectivity index (χ1v) is 7.77. The van der Waals surface area contributed by atoms with Crippen LogP contribution in [0.1, 0.15) is 11.1 Å². The first-order chi connectivity index (χ1) is 10.7. The summed E-state index contributed by atoms with van der Waals surface area (Å²) in [6.45, 7) is 4.89. The molecule has 1 aromatic carbocycles. The molecule has 122 valence electrons. The fraction of sp³-hybridized carbons (Fsp3) is 0.625. The van der Waals surface area contributed by atoms with E-state index in [1.807, 2.05) is 18.2 Å². The molecule has 6 heteroatoms. The Labute approximate surface area is 130 Å². The second-order valence-corrected chi connectivity index (χ2v) is 6.11. The van der Waals surface area contributed by atoms with Gasteiger partial charge in [-0.2, -0.15) is 0 Å². The van der Waals surface area contributed by atoms with E-state index < -0.39 is 5.60 Å². The van der Waals surface area contributed by atoms with Gasteiger partial charge in [-0.05, 0) is 17.7 Å². The molecule has 1 unspecified atom stereocenters. The summed E-state index contributed by atoms with van der Waals surface area (Å²) in [6, 6.07) is 5.76. The Morgan fingerprint density at radius 2 is 2.23 bits per heavy atom. The molecule has 0 bridgehead atoms. The predicted molar refractivity (Wildman–Crippen MR) is 81.8 cm³/mol. The van der Waals surface area contributed by atoms with Gasteiger partial charge in [-0.3, -0.25) is 4.90 Å². The van der Waals surface area contributed by atoms with Gasteiger partial charge in [0.15, 0.2) is 0 Å². The Kier molecular flexibility index (Phi) is 4.95. The van der Waals surface area contributed by atoms with E-state index in [0.29, 0.717) is 39.5 Å². The summed E-state index contributed by atoms with van der Waals surface area (Å²) in [5, 5.41) is 23.2. The minimum absolute atomic E-state index is 0.0228. The van der Waals surface area contributed by atoms with Crippen molar-refractivity contribution in [2.24, 2.45) is 0 Å². The highest BCUT2D eigenvalue weighted by Gasteiger charge is 2.32. The van der Waals surface area contributed by atoms with E-state index in [1.165, 1.54) is 0 Å². The molecule has 1 saturated heterocycles. The van der Waals surface area contributed by atoms with Crippen LogP contribution in [0.25, 0.3) is 0 Å². The van der Waals surface area contributed by atoms with Gasteiger partial charge in [0.25, 0.3) is 0 Å². The van der Waals surface area contributed by atoms with Crippen LogP contribution in [0.3, 0.4) is 0 Å². The summed E-state index contributed by atoms with van der Waals surface area (Å²) in [4.78, 5) is 2.18. The first kappa shape index (κ1) is 15.7. The number of benzene rings is 1. The third-order valence-corrected chi connectivity index (χ3v) is 4.13. The van der Waals surface area contributed by atoms with Crippen LogP contribution >= 0.6 is 0 Å². The Balaban J connectivity index is 1.71. The maximum atomic E-state index is 10.7. The van der Waals surface area contributed by atoms with Crippen LogP contribution in [0.4, 0.5) is 0 Å². The van der Waals surface area contributed by atoms with Crippen LogP contribution in [-0.4, -0.2) is 66.7 Å². The number of aliphatic hydroxyl groups excluding tert-OH is 1. The zero-order valence-electron chi connectivity index (χ0n) is 12.8. The van der Waals surface area contributed by atoms with Crippen LogP contribution in [0.2, 0.25) is 0 Å². The van der Waals surface area contributed by atoms with Crippen molar-refractivity contribution in [1.82, 2.24) is 10.2 Å². The first-order valence-electron chi connectivity index (χ1n) is 7.77. The molecule has 3 rings (SSSR count). The maximum Gasteiger partial charge on any atom is 0.123 e. The number of fused-ring (bicyclic) bond motifs is 1. The quantitative estimate of drug-likeness (QED) is 0.713. The number of nitrogens with zero attached hydrogens (tertiary/aromatic N) is 1. The average Bonchev–Trinajstić information content (AvgIpc) is 2.84. The summed E-state index contributed by atoms with van der Waals surface area (Å²) < 4.78 is 11.3. The second kappa shape index (κ2) is 6.93. The Morgan fingerprint density at radius 1 is 1.32 bits per heavy atom. The van der Waals surface area contributed by atoms with Crippen molar-refractivity contribution in [3.8, 4) is 5.75 Å². The lowest BCUT2D eigenvalue weighted by molar-refractivity contribution is -0.0506. The Bertz CT molecular complexity index is 501. The fourth-order valence-corrected chi connectivity index (χ4v) is 3.03. The second-order valence-electron chi connectivity index (χ2n) is 6.11. The molecule has 3 N–H and O–H groups in total. The largest absolute Gasteiger partial charge is 0.492 e. The number of aliphatic hydroxyl groups is 2. The molecular weight excluding hydrogens is 284 g/mol. The molecule has 1 fully saturated rings. The van der Waals surface area contributed by atoms with Gasteiger partial charge in [0.1, 0.15) is 18.0 Å². The summed E-state index contributed by atoms with van der Waals surface area (Å²) in [6.07, 6.45) is 0. The molecule has 0 spiro atoms. The van der Waals surface area contributed by atoms with Crippen LogP contribution in [0, 0.1) is 0 Å². The maximum absolute atomic E-state index is 10.7. The van der Waals surface area contributed by atoms with E-state index in [-0.39, 0.29) is 6.61 Å². The minimum atomic E-state index is -0.879. The molecule has 22 heavy (non-hydrogen) atoms. The van der Waals surface area contributed by atoms with E-state index in [9.17, 15) is 10.2 Å². The summed E-state index contributed by atoms with van der Waals surface area (Å²) in [5.74, 6) is 0.863. The van der Waals surface area contributed by atoms with Crippen LogP contribution in [-0.2, 0) is 17.9 Å². The molecule has 0 amide bonds. The molecule has 2 aliphatic rings. The number of hydrogen-bond acceptors (Lipinski definition) is 6. The molecule has 1 atom stereocenters. The van der Waals surface area contributed by atoms with Crippen molar-refractivity contribution < 1.29 is 19.7 Å². The molecule has 1 aromatic rings. The lowest BCUT2D eigenvalue weighted by atomic mass is 10.0. The molecular formula is C16H24N2O4. The molecule has 0 saturated carbocycles. The Morgan fingerprint density at radius 3 is 3.09 bits per heavy atom. The highest BCUT2D eigenvalue weighted by atomic mass is 16.5. The molecule has 0 radical (unpaired) electrons. The molecule has 6 nitrogen and oxygen atoms in total. The monoisotopic (exact) mass is 308 g/mol. The van der Waals surface area contributed by atoms with Gasteiger partial charge in [0.2, 0.25) is 0 Å². The standard InChI is InChI=1S/C16H24N2O4/c19-9-13-1-2-15-14(7-13)8-18(4-6-22-15)11-16(20)10-17-3-5-21-12-16/h1-2,7,17,19-20H,3-6,8-12H2. The van der Waals surface area contributed by atoms with Gasteiger partial charge < -0.3 is 25.0 Å². The smallest absolute Gasteiger partial charge is 0.123 e. The number of β-amino-alcohol motifs (C(OH)–C–C–N with tert-alkyl or cyclic N) is 1. The van der Waals surface area contributed by atoms with E-state index in [1.54, 1.807) is 0 Å². The highest BCUT2D eigenvalue weighted by molar-refractivity contribution is 5.37. The summed E-state index contributed by atoms with van der Waals surface area (Å²) in [5.41, 5.74) is 1.05. The third-order valence-electron chi connectivity index (χ3n) is 4.13. The normalized spacial score (nSPS) is 26.6. The van der Waals surface area contributed by atoms with Gasteiger partial charge in [0, 0.05) is 38.3 Å². The lowest BCUT2D eigenvalue weighted by Crippen LogP contribution is -2.51. The van der Waals surface area contributed by atoms with E-state index in [4.69, 9.17) is 9.47 Å². The Hall–Kier alpha value is -1.18. The van der Waals surface area contributed by atoms with Crippen molar-refractivity contribution in [2.75, 3.05) is 46.0 Å². The number of hydrogen-bond donors (Lipinski definition) is 3. The van der Waals surface area contributed by atoms with E-state index in [0.717, 1.165) is 30.0 Å². The SMILES string of the molecule is OCc1ccc2c(c1)CN(CC1(O)CNCCOC1)CCO2. The predicted octanol–water partition coefficient (Wildman–Crippen LogP) is -0.276. The number of rotatable bonds is 3. The van der Waals surface area contributed by atoms with Crippen molar-refractivity contribution in [3.63, 3.8) is 0 Å². The zero-order valence-corrected chi connectivity index (χ0v) is 12.8. The van der Waals surface area contributed by atoms with Gasteiger partial charge in [-0.15, -0.1) is 0 Å². The molecule has 2 aliphatic heterocycles. The molecule has 2 heterocycles. The summed E-state index contributed by atoms with van der Waals surface area (Å²) in [7, 11) is 0.